The zero-order valence-corrected chi connectivity index (χ0v) is 14.7. The number of amides is 1. The molecular formula is C22H26N2O. The Morgan fingerprint density at radius 2 is 1.84 bits per heavy atom. The molecule has 130 valence electrons. The van der Waals surface area contributed by atoms with Crippen LogP contribution in [-0.2, 0) is 19.4 Å². The Balaban J connectivity index is 1.40. The van der Waals surface area contributed by atoms with E-state index in [0.29, 0.717) is 12.6 Å². The van der Waals surface area contributed by atoms with Gasteiger partial charge in [-0.25, -0.2) is 0 Å². The number of aryl methyl sites for hydroxylation is 1. The van der Waals surface area contributed by atoms with Crippen molar-refractivity contribution >= 4 is 5.91 Å². The van der Waals surface area contributed by atoms with Crippen LogP contribution in [-0.4, -0.2) is 29.9 Å². The number of hydrogen-bond donors (Lipinski definition) is 1. The van der Waals surface area contributed by atoms with Gasteiger partial charge >= 0.3 is 0 Å². The standard InChI is InChI=1S/C22H26N2O/c25-22(23-16-17-6-2-1-3-7-17)20-9-8-19-15-21(11-10-18(19)14-20)24-12-4-5-13-24/h1-3,6-9,14,21H,4-5,10-13,15-16H2,(H,23,25). The fourth-order valence-electron chi connectivity index (χ4n) is 4.18. The summed E-state index contributed by atoms with van der Waals surface area (Å²) in [5, 5.41) is 3.03. The second-order valence-corrected chi connectivity index (χ2v) is 7.29. The first-order valence-electron chi connectivity index (χ1n) is 9.47. The van der Waals surface area contributed by atoms with Crippen LogP contribution in [0, 0.1) is 0 Å². The van der Waals surface area contributed by atoms with Crippen molar-refractivity contribution in [3.05, 3.63) is 70.8 Å². The lowest BCUT2D eigenvalue weighted by atomic mass is 9.86. The Labute approximate surface area is 150 Å². The van der Waals surface area contributed by atoms with Gasteiger partial charge in [0, 0.05) is 18.2 Å². The molecule has 4 rings (SSSR count). The summed E-state index contributed by atoms with van der Waals surface area (Å²) in [5.74, 6) is 0.0216. The maximum absolute atomic E-state index is 12.5. The number of carbonyl (C=O) groups is 1. The van der Waals surface area contributed by atoms with Gasteiger partial charge in [-0.15, -0.1) is 0 Å². The molecule has 0 spiro atoms. The zero-order chi connectivity index (χ0) is 17.1. The molecule has 2 aliphatic rings. The van der Waals surface area contributed by atoms with Crippen LogP contribution in [0.25, 0.3) is 0 Å². The Kier molecular flexibility index (Phi) is 4.84. The monoisotopic (exact) mass is 334 g/mol. The molecule has 0 bridgehead atoms. The molecule has 1 amide bonds. The van der Waals surface area contributed by atoms with Crippen molar-refractivity contribution in [3.63, 3.8) is 0 Å². The first-order valence-corrected chi connectivity index (χ1v) is 9.47. The number of benzene rings is 2. The number of rotatable bonds is 4. The van der Waals surface area contributed by atoms with E-state index in [1.165, 1.54) is 43.5 Å². The molecule has 25 heavy (non-hydrogen) atoms. The van der Waals surface area contributed by atoms with E-state index in [1.54, 1.807) is 0 Å². The predicted molar refractivity (Wildman–Crippen MR) is 101 cm³/mol. The topological polar surface area (TPSA) is 32.3 Å². The largest absolute Gasteiger partial charge is 0.348 e. The summed E-state index contributed by atoms with van der Waals surface area (Å²) in [5.41, 5.74) is 4.71. The number of carbonyl (C=O) groups excluding carboxylic acids is 1. The van der Waals surface area contributed by atoms with E-state index in [2.05, 4.69) is 22.3 Å². The number of likely N-dealkylation sites (tertiary alicyclic amines) is 1. The average molecular weight is 334 g/mol. The molecule has 2 aromatic rings. The third-order valence-electron chi connectivity index (χ3n) is 5.62. The lowest BCUT2D eigenvalue weighted by Crippen LogP contribution is -2.37. The van der Waals surface area contributed by atoms with Crippen LogP contribution in [0.15, 0.2) is 48.5 Å². The lowest BCUT2D eigenvalue weighted by Gasteiger charge is -2.32. The minimum atomic E-state index is 0.0216. The highest BCUT2D eigenvalue weighted by atomic mass is 16.1. The summed E-state index contributed by atoms with van der Waals surface area (Å²) in [6.45, 7) is 3.10. The van der Waals surface area contributed by atoms with Gasteiger partial charge in [0.2, 0.25) is 0 Å². The molecule has 2 aromatic carbocycles. The summed E-state index contributed by atoms with van der Waals surface area (Å²) in [7, 11) is 0. The molecule has 1 heterocycles. The van der Waals surface area contributed by atoms with Gasteiger partial charge in [0.15, 0.2) is 0 Å². The van der Waals surface area contributed by atoms with Gasteiger partial charge in [-0.2, -0.15) is 0 Å². The highest BCUT2D eigenvalue weighted by Crippen LogP contribution is 2.27. The summed E-state index contributed by atoms with van der Waals surface area (Å²) in [6.07, 6.45) is 6.16. The van der Waals surface area contributed by atoms with Gasteiger partial charge in [-0.3, -0.25) is 4.79 Å². The second-order valence-electron chi connectivity index (χ2n) is 7.29. The molecule has 1 saturated heterocycles. The van der Waals surface area contributed by atoms with Crippen molar-refractivity contribution in [2.75, 3.05) is 13.1 Å². The quantitative estimate of drug-likeness (QED) is 0.927. The number of hydrogen-bond acceptors (Lipinski definition) is 2. The van der Waals surface area contributed by atoms with Gasteiger partial charge in [-0.1, -0.05) is 36.4 Å². The lowest BCUT2D eigenvalue weighted by molar-refractivity contribution is 0.0950. The van der Waals surface area contributed by atoms with Gasteiger partial charge in [0.1, 0.15) is 0 Å². The van der Waals surface area contributed by atoms with Crippen LogP contribution in [0.4, 0.5) is 0 Å². The number of nitrogens with zero attached hydrogens (tertiary/aromatic N) is 1. The van der Waals surface area contributed by atoms with E-state index in [1.807, 2.05) is 36.4 Å². The smallest absolute Gasteiger partial charge is 0.251 e. The van der Waals surface area contributed by atoms with E-state index < -0.39 is 0 Å². The summed E-state index contributed by atoms with van der Waals surface area (Å²) in [4.78, 5) is 15.1. The molecule has 0 radical (unpaired) electrons. The molecule has 0 aromatic heterocycles. The van der Waals surface area contributed by atoms with E-state index >= 15 is 0 Å². The molecule has 1 atom stereocenters. The van der Waals surface area contributed by atoms with E-state index in [4.69, 9.17) is 0 Å². The van der Waals surface area contributed by atoms with E-state index in [9.17, 15) is 4.79 Å². The number of nitrogens with one attached hydrogen (secondary N) is 1. The minimum Gasteiger partial charge on any atom is -0.348 e. The third-order valence-corrected chi connectivity index (χ3v) is 5.62. The fourth-order valence-corrected chi connectivity index (χ4v) is 4.18. The predicted octanol–water partition coefficient (Wildman–Crippen LogP) is 3.57. The highest BCUT2D eigenvalue weighted by molar-refractivity contribution is 5.94. The zero-order valence-electron chi connectivity index (χ0n) is 14.7. The third kappa shape index (κ3) is 3.77. The van der Waals surface area contributed by atoms with Gasteiger partial charge in [0.25, 0.3) is 5.91 Å². The van der Waals surface area contributed by atoms with Gasteiger partial charge in [0.05, 0.1) is 0 Å². The van der Waals surface area contributed by atoms with Crippen molar-refractivity contribution in [1.29, 1.82) is 0 Å². The van der Waals surface area contributed by atoms with Crippen LogP contribution < -0.4 is 5.32 Å². The number of fused-ring (bicyclic) bond motifs is 1. The van der Waals surface area contributed by atoms with E-state index in [-0.39, 0.29) is 5.91 Å². The van der Waals surface area contributed by atoms with Gasteiger partial charge < -0.3 is 10.2 Å². The van der Waals surface area contributed by atoms with Crippen molar-refractivity contribution in [2.45, 2.75) is 44.7 Å². The first kappa shape index (κ1) is 16.3. The Bertz CT molecular complexity index is 735. The normalized spacial score (nSPS) is 20.2. The van der Waals surface area contributed by atoms with Gasteiger partial charge in [-0.05, 0) is 74.0 Å². The molecule has 1 unspecified atom stereocenters. The molecular weight excluding hydrogens is 308 g/mol. The molecule has 1 N–H and O–H groups in total. The second kappa shape index (κ2) is 7.40. The molecule has 3 heteroatoms. The Hall–Kier alpha value is -2.13. The highest BCUT2D eigenvalue weighted by Gasteiger charge is 2.26. The van der Waals surface area contributed by atoms with E-state index in [0.717, 1.165) is 24.0 Å². The summed E-state index contributed by atoms with van der Waals surface area (Å²) in [6, 6.07) is 17.0. The van der Waals surface area contributed by atoms with Crippen molar-refractivity contribution < 1.29 is 4.79 Å². The van der Waals surface area contributed by atoms with Crippen LogP contribution in [0.5, 0.6) is 0 Å². The van der Waals surface area contributed by atoms with Crippen LogP contribution in [0.1, 0.15) is 46.3 Å². The Morgan fingerprint density at radius 3 is 2.64 bits per heavy atom. The molecule has 1 aliphatic carbocycles. The fraction of sp³-hybridized carbons (Fsp3) is 0.409. The first-order chi connectivity index (χ1) is 12.3. The minimum absolute atomic E-state index is 0.0216. The summed E-state index contributed by atoms with van der Waals surface area (Å²) >= 11 is 0. The molecule has 1 aliphatic heterocycles. The molecule has 0 saturated carbocycles. The maximum atomic E-state index is 12.5. The van der Waals surface area contributed by atoms with Crippen molar-refractivity contribution in [1.82, 2.24) is 10.2 Å². The Morgan fingerprint density at radius 1 is 1.04 bits per heavy atom. The van der Waals surface area contributed by atoms with Crippen LogP contribution >= 0.6 is 0 Å². The summed E-state index contributed by atoms with van der Waals surface area (Å²) < 4.78 is 0. The van der Waals surface area contributed by atoms with Crippen molar-refractivity contribution in [3.8, 4) is 0 Å². The maximum Gasteiger partial charge on any atom is 0.251 e. The van der Waals surface area contributed by atoms with Crippen LogP contribution in [0.3, 0.4) is 0 Å². The van der Waals surface area contributed by atoms with Crippen LogP contribution in [0.2, 0.25) is 0 Å². The molecule has 1 fully saturated rings. The average Bonchev–Trinajstić information content (AvgIpc) is 3.21. The van der Waals surface area contributed by atoms with Crippen molar-refractivity contribution in [2.24, 2.45) is 0 Å². The SMILES string of the molecule is O=C(NCc1ccccc1)c1ccc2c(c1)CCC(N1CCCC1)C2. The molecule has 3 nitrogen and oxygen atoms in total.